The molecule has 0 N–H and O–H groups in total. The van der Waals surface area contributed by atoms with Gasteiger partial charge in [0, 0.05) is 17.9 Å². The molecule has 0 radical (unpaired) electrons. The predicted molar refractivity (Wildman–Crippen MR) is 70.4 cm³/mol. The molecule has 0 saturated carbocycles. The molecule has 1 unspecified atom stereocenters. The van der Waals surface area contributed by atoms with E-state index in [1.807, 2.05) is 0 Å². The van der Waals surface area contributed by atoms with Gasteiger partial charge >= 0.3 is 0 Å². The molecule has 88 valence electrons. The van der Waals surface area contributed by atoms with Gasteiger partial charge in [0.2, 0.25) is 5.95 Å². The van der Waals surface area contributed by atoms with Gasteiger partial charge in [0.1, 0.15) is 0 Å². The summed E-state index contributed by atoms with van der Waals surface area (Å²) < 4.78 is 0. The first-order valence-corrected chi connectivity index (χ1v) is 7.11. The zero-order valence-electron chi connectivity index (χ0n) is 9.07. The van der Waals surface area contributed by atoms with Crippen molar-refractivity contribution in [1.82, 2.24) is 9.97 Å². The van der Waals surface area contributed by atoms with Crippen LogP contribution in [-0.2, 0) is 0 Å². The van der Waals surface area contributed by atoms with Crippen molar-refractivity contribution in [3.8, 4) is 0 Å². The molecule has 2 heterocycles. The highest BCUT2D eigenvalue weighted by Crippen LogP contribution is 2.22. The van der Waals surface area contributed by atoms with Gasteiger partial charge in [-0.05, 0) is 12.8 Å². The van der Waals surface area contributed by atoms with Crippen molar-refractivity contribution in [2.45, 2.75) is 31.7 Å². The molecule has 1 aliphatic heterocycles. The zero-order valence-corrected chi connectivity index (χ0v) is 11.4. The van der Waals surface area contributed by atoms with Crippen LogP contribution in [0.4, 0.5) is 5.95 Å². The first-order valence-electron chi connectivity index (χ1n) is 5.61. The lowest BCUT2D eigenvalue weighted by atomic mass is 10.1. The summed E-state index contributed by atoms with van der Waals surface area (Å²) in [6, 6.07) is 0.503. The summed E-state index contributed by atoms with van der Waals surface area (Å²) in [5.41, 5.74) is 0. The summed E-state index contributed by atoms with van der Waals surface area (Å²) in [6.07, 6.45) is 8.35. The second-order valence-corrected chi connectivity index (χ2v) is 5.14. The molecule has 1 aromatic rings. The molecule has 16 heavy (non-hydrogen) atoms. The lowest BCUT2D eigenvalue weighted by Gasteiger charge is -2.28. The van der Waals surface area contributed by atoms with Crippen molar-refractivity contribution in [3.63, 3.8) is 0 Å². The maximum atomic E-state index is 5.80. The number of alkyl halides is 1. The number of aromatic nitrogens is 2. The van der Waals surface area contributed by atoms with Crippen molar-refractivity contribution in [2.24, 2.45) is 0 Å². The van der Waals surface area contributed by atoms with Crippen LogP contribution in [0.2, 0.25) is 5.02 Å². The summed E-state index contributed by atoms with van der Waals surface area (Å²) in [7, 11) is 0. The van der Waals surface area contributed by atoms with Crippen LogP contribution in [0.5, 0.6) is 0 Å². The number of rotatable bonds is 2. The average Bonchev–Trinajstić information content (AvgIpc) is 2.55. The minimum absolute atomic E-state index is 0.503. The second-order valence-electron chi connectivity index (χ2n) is 4.05. The molecule has 5 heteroatoms. The Balaban J connectivity index is 2.18. The Hall–Kier alpha value is -0.350. The van der Waals surface area contributed by atoms with E-state index in [1.54, 1.807) is 12.4 Å². The summed E-state index contributed by atoms with van der Waals surface area (Å²) in [4.78, 5) is 10.9. The molecule has 1 saturated heterocycles. The van der Waals surface area contributed by atoms with Crippen molar-refractivity contribution in [1.29, 1.82) is 0 Å². The highest BCUT2D eigenvalue weighted by atomic mass is 79.9. The van der Waals surface area contributed by atoms with Crippen LogP contribution < -0.4 is 4.90 Å². The molecule has 0 aliphatic carbocycles. The minimum atomic E-state index is 0.503. The Morgan fingerprint density at radius 1 is 1.31 bits per heavy atom. The van der Waals surface area contributed by atoms with Crippen molar-refractivity contribution in [2.75, 3.05) is 16.8 Å². The monoisotopic (exact) mass is 303 g/mol. The summed E-state index contributed by atoms with van der Waals surface area (Å²) in [5, 5.41) is 1.56. The Morgan fingerprint density at radius 2 is 2.06 bits per heavy atom. The fourth-order valence-electron chi connectivity index (χ4n) is 2.05. The van der Waals surface area contributed by atoms with Crippen LogP contribution in [0.1, 0.15) is 25.7 Å². The maximum Gasteiger partial charge on any atom is 0.225 e. The molecular formula is C11H15BrClN3. The highest BCUT2D eigenvalue weighted by molar-refractivity contribution is 9.09. The molecule has 1 aromatic heterocycles. The molecule has 1 atom stereocenters. The number of hydrogen-bond acceptors (Lipinski definition) is 3. The summed E-state index contributed by atoms with van der Waals surface area (Å²) >= 11 is 9.37. The molecule has 0 aromatic carbocycles. The van der Waals surface area contributed by atoms with E-state index >= 15 is 0 Å². The predicted octanol–water partition coefficient (Wildman–Crippen LogP) is 3.27. The van der Waals surface area contributed by atoms with E-state index in [-0.39, 0.29) is 0 Å². The summed E-state index contributed by atoms with van der Waals surface area (Å²) in [5.74, 6) is 0.802. The largest absolute Gasteiger partial charge is 0.337 e. The molecule has 0 bridgehead atoms. The Labute approximate surface area is 109 Å². The topological polar surface area (TPSA) is 29.0 Å². The SMILES string of the molecule is Clc1cnc(N2CCCCCC2CBr)nc1. The van der Waals surface area contributed by atoms with Crippen molar-refractivity contribution >= 4 is 33.5 Å². The van der Waals surface area contributed by atoms with E-state index in [0.29, 0.717) is 11.1 Å². The lowest BCUT2D eigenvalue weighted by molar-refractivity contribution is 0.615. The Kier molecular flexibility index (Phi) is 4.41. The van der Waals surface area contributed by atoms with Crippen LogP contribution in [0.3, 0.4) is 0 Å². The molecule has 3 nitrogen and oxygen atoms in total. The van der Waals surface area contributed by atoms with E-state index in [4.69, 9.17) is 11.6 Å². The van der Waals surface area contributed by atoms with E-state index in [2.05, 4.69) is 30.8 Å². The van der Waals surface area contributed by atoms with Crippen molar-refractivity contribution in [3.05, 3.63) is 17.4 Å². The van der Waals surface area contributed by atoms with Gasteiger partial charge in [0.15, 0.2) is 0 Å². The average molecular weight is 305 g/mol. The number of hydrogen-bond donors (Lipinski definition) is 0. The van der Waals surface area contributed by atoms with Crippen molar-refractivity contribution < 1.29 is 0 Å². The summed E-state index contributed by atoms with van der Waals surface area (Å²) in [6.45, 7) is 1.04. The Bertz CT molecular complexity index is 331. The fourth-order valence-corrected chi connectivity index (χ4v) is 2.83. The van der Waals surface area contributed by atoms with Crippen LogP contribution in [0.25, 0.3) is 0 Å². The molecule has 1 aliphatic rings. The second kappa shape index (κ2) is 5.82. The van der Waals surface area contributed by atoms with E-state index in [1.165, 1.54) is 25.7 Å². The first-order chi connectivity index (χ1) is 7.81. The smallest absolute Gasteiger partial charge is 0.225 e. The van der Waals surface area contributed by atoms with Crippen LogP contribution >= 0.6 is 27.5 Å². The van der Waals surface area contributed by atoms with E-state index < -0.39 is 0 Å². The maximum absolute atomic E-state index is 5.80. The van der Waals surface area contributed by atoms with Gasteiger partial charge in [-0.15, -0.1) is 0 Å². The van der Waals surface area contributed by atoms with Gasteiger partial charge in [0.05, 0.1) is 17.4 Å². The molecule has 1 fully saturated rings. The third-order valence-electron chi connectivity index (χ3n) is 2.92. The minimum Gasteiger partial charge on any atom is -0.337 e. The van der Waals surface area contributed by atoms with Gasteiger partial charge in [-0.3, -0.25) is 0 Å². The van der Waals surface area contributed by atoms with Gasteiger partial charge in [0.25, 0.3) is 0 Å². The van der Waals surface area contributed by atoms with E-state index in [9.17, 15) is 0 Å². The third kappa shape index (κ3) is 2.86. The molecule has 2 rings (SSSR count). The highest BCUT2D eigenvalue weighted by Gasteiger charge is 2.21. The standard InChI is InChI=1S/C11H15BrClN3/c12-6-10-4-2-1-3-5-16(10)11-14-7-9(13)8-15-11/h7-8,10H,1-6H2. The number of halogens is 2. The number of nitrogens with zero attached hydrogens (tertiary/aromatic N) is 3. The van der Waals surface area contributed by atoms with Gasteiger partial charge < -0.3 is 4.90 Å². The normalized spacial score (nSPS) is 21.9. The van der Waals surface area contributed by atoms with Gasteiger partial charge in [-0.2, -0.15) is 0 Å². The fraction of sp³-hybridized carbons (Fsp3) is 0.636. The number of anilines is 1. The van der Waals surface area contributed by atoms with E-state index in [0.717, 1.165) is 17.8 Å². The van der Waals surface area contributed by atoms with Gasteiger partial charge in [-0.1, -0.05) is 40.4 Å². The van der Waals surface area contributed by atoms with Crippen LogP contribution in [0.15, 0.2) is 12.4 Å². The van der Waals surface area contributed by atoms with Crippen LogP contribution in [-0.4, -0.2) is 27.9 Å². The zero-order chi connectivity index (χ0) is 11.4. The third-order valence-corrected chi connectivity index (χ3v) is 3.86. The molecule has 0 spiro atoms. The quantitative estimate of drug-likeness (QED) is 0.785. The lowest BCUT2D eigenvalue weighted by Crippen LogP contribution is -2.37. The van der Waals surface area contributed by atoms with Crippen LogP contribution in [0, 0.1) is 0 Å². The first kappa shape index (κ1) is 12.1. The Morgan fingerprint density at radius 3 is 2.75 bits per heavy atom. The molecular weight excluding hydrogens is 289 g/mol. The van der Waals surface area contributed by atoms with Gasteiger partial charge in [-0.25, -0.2) is 9.97 Å². The molecule has 0 amide bonds.